The van der Waals surface area contributed by atoms with E-state index in [9.17, 15) is 0 Å². The molecule has 74 heavy (non-hydrogen) atoms. The van der Waals surface area contributed by atoms with E-state index in [4.69, 9.17) is 18.9 Å². The zero-order valence-corrected chi connectivity index (χ0v) is 48.4. The molecule has 0 amide bonds. The van der Waals surface area contributed by atoms with Crippen molar-refractivity contribution in [2.75, 3.05) is 28.4 Å². The number of methoxy groups -OCH3 is 4. The third-order valence-corrected chi connectivity index (χ3v) is 14.6. The maximum atomic E-state index is 5.25. The Morgan fingerprint density at radius 1 is 0.392 bits per heavy atom. The molecule has 4 nitrogen and oxygen atoms in total. The summed E-state index contributed by atoms with van der Waals surface area (Å²) in [6.07, 6.45) is 21.8. The van der Waals surface area contributed by atoms with Crippen LogP contribution >= 0.6 is 0 Å². The van der Waals surface area contributed by atoms with Gasteiger partial charge in [0, 0.05) is 11.5 Å². The Morgan fingerprint density at radius 2 is 0.716 bits per heavy atom. The first kappa shape index (κ1) is 58.9. The molecule has 8 heteroatoms. The summed E-state index contributed by atoms with van der Waals surface area (Å²) in [6.45, 7) is 0. The van der Waals surface area contributed by atoms with E-state index in [0.29, 0.717) is 0 Å². The molecule has 0 bridgehead atoms. The van der Waals surface area contributed by atoms with Gasteiger partial charge >= 0.3 is 198 Å². The van der Waals surface area contributed by atoms with Crippen LogP contribution in [-0.4, -0.2) is 34.9 Å². The fourth-order valence-corrected chi connectivity index (χ4v) is 9.72. The van der Waals surface area contributed by atoms with Crippen molar-refractivity contribution in [2.45, 2.75) is 25.7 Å². The van der Waals surface area contributed by atoms with E-state index in [0.717, 1.165) is 48.7 Å². The van der Waals surface area contributed by atoms with Crippen LogP contribution in [-0.2, 0) is 61.3 Å². The molecule has 368 valence electrons. The first-order valence-electron chi connectivity index (χ1n) is 23.7. The van der Waals surface area contributed by atoms with Crippen molar-refractivity contribution in [3.8, 4) is 45.3 Å². The van der Waals surface area contributed by atoms with Crippen molar-refractivity contribution in [1.29, 1.82) is 0 Å². The quantitative estimate of drug-likeness (QED) is 0.144. The number of hydrogen-bond acceptors (Lipinski definition) is 4. The van der Waals surface area contributed by atoms with Crippen LogP contribution in [0.5, 0.6) is 23.0 Å². The summed E-state index contributed by atoms with van der Waals surface area (Å²) in [5, 5.41) is 0. The number of ether oxygens (including phenoxy) is 4. The van der Waals surface area contributed by atoms with Crippen LogP contribution < -0.4 is 43.8 Å². The van der Waals surface area contributed by atoms with Gasteiger partial charge in [-0.1, -0.05) is 23.3 Å². The number of benzene rings is 8. The second-order valence-electron chi connectivity index (χ2n) is 16.5. The Balaban J connectivity index is 0.000000171. The molecule has 4 aliphatic carbocycles. The molecular weight excluding hydrogens is 1110 g/mol. The summed E-state index contributed by atoms with van der Waals surface area (Å²) < 4.78 is 23.7. The van der Waals surface area contributed by atoms with Crippen molar-refractivity contribution < 1.29 is 92.2 Å². The molecule has 0 atom stereocenters. The molecule has 0 saturated carbocycles. The van der Waals surface area contributed by atoms with Crippen molar-refractivity contribution >= 4 is 6.41 Å². The second-order valence-corrected chi connectivity index (χ2v) is 18.9. The number of allylic oxidation sites excluding steroid dienone is 8. The van der Waals surface area contributed by atoms with Gasteiger partial charge in [-0.15, -0.1) is 59.4 Å². The Labute approximate surface area is 481 Å². The summed E-state index contributed by atoms with van der Waals surface area (Å²) in [5.74, 6) is 3.40. The van der Waals surface area contributed by atoms with Crippen molar-refractivity contribution in [2.24, 2.45) is 0 Å². The molecule has 0 spiro atoms. The van der Waals surface area contributed by atoms with Crippen LogP contribution in [0.2, 0.25) is 0 Å². The number of rotatable bonds is 8. The number of halogens is 2. The van der Waals surface area contributed by atoms with Crippen LogP contribution in [0.3, 0.4) is 0 Å². The summed E-state index contributed by atoms with van der Waals surface area (Å²) >= 11 is 2.92. The molecule has 8 aromatic rings. The fraction of sp³-hybridized carbons (Fsp3) is 0.121. The molecule has 0 heterocycles. The van der Waals surface area contributed by atoms with E-state index < -0.39 is 0 Å². The molecule has 0 N–H and O–H groups in total. The van der Waals surface area contributed by atoms with E-state index >= 15 is 0 Å². The maximum absolute atomic E-state index is 5.25. The van der Waals surface area contributed by atoms with Gasteiger partial charge in [-0.25, -0.2) is 24.3 Å². The van der Waals surface area contributed by atoms with Crippen molar-refractivity contribution in [3.63, 3.8) is 0 Å². The molecule has 0 fully saturated rings. The standard InChI is InChI=1S/2C15H13O2.2C13H10.2C5H5.2ClH.2Zr/c2*1-16-12-3-5-14-10(8-12)7-11-9-13(17-2)4-6-15(11)14;2*1-3-7-12(8-4-1)11-13-9-5-2-6-10-13;2*1-2-4-5-3-1;;;;/h2*3-6,8H,7H2,1-2H3;2*1-10H;2*1-3H,4H2;2*1H;;/q2*-1;;;2*-1;;;2*+2/p-2. The Morgan fingerprint density at radius 3 is 0.973 bits per heavy atom. The molecule has 0 aromatic heterocycles. The van der Waals surface area contributed by atoms with Gasteiger partial charge in [-0.2, -0.15) is 24.3 Å². The summed E-state index contributed by atoms with van der Waals surface area (Å²) in [5.41, 5.74) is 15.4. The topological polar surface area (TPSA) is 36.9 Å². The molecule has 0 unspecified atom stereocenters. The zero-order valence-electron chi connectivity index (χ0n) is 42.0. The average molecular weight is 1170 g/mol. The van der Waals surface area contributed by atoms with Crippen LogP contribution in [0, 0.1) is 24.3 Å². The molecule has 0 radical (unpaired) electrons. The van der Waals surface area contributed by atoms with E-state index in [1.54, 1.807) is 28.4 Å². The van der Waals surface area contributed by atoms with Crippen LogP contribution in [0.15, 0.2) is 218 Å². The minimum absolute atomic E-state index is 0. The average Bonchev–Trinajstić information content (AvgIpc) is 4.33. The van der Waals surface area contributed by atoms with Crippen molar-refractivity contribution in [3.05, 3.63) is 287 Å². The Kier molecular flexibility index (Phi) is 25.2. The van der Waals surface area contributed by atoms with Gasteiger partial charge in [-0.3, -0.25) is 12.2 Å². The first-order valence-corrected chi connectivity index (χ1v) is 26.2. The molecule has 4 aliphatic rings. The predicted octanol–water partition coefficient (Wildman–Crippen LogP) is 8.37. The summed E-state index contributed by atoms with van der Waals surface area (Å²) in [6, 6.07) is 69.3. The van der Waals surface area contributed by atoms with Gasteiger partial charge in [0.05, 0.1) is 28.4 Å². The monoisotopic (exact) mass is 1160 g/mol. The van der Waals surface area contributed by atoms with Gasteiger partial charge in [0.1, 0.15) is 11.5 Å². The van der Waals surface area contributed by atoms with Gasteiger partial charge < -0.3 is 43.8 Å². The Hall–Kier alpha value is -5.99. The first-order chi connectivity index (χ1) is 35.4. The minimum atomic E-state index is 0. The van der Waals surface area contributed by atoms with E-state index in [2.05, 4.69) is 194 Å². The van der Waals surface area contributed by atoms with Gasteiger partial charge in [0.25, 0.3) is 0 Å². The van der Waals surface area contributed by atoms with Crippen LogP contribution in [0.1, 0.15) is 57.3 Å². The van der Waals surface area contributed by atoms with Crippen LogP contribution in [0.4, 0.5) is 0 Å². The number of hydrogen-bond donors (Lipinski definition) is 0. The molecule has 8 aromatic carbocycles. The number of fused-ring (bicyclic) bond motifs is 6. The van der Waals surface area contributed by atoms with Crippen molar-refractivity contribution in [1.82, 2.24) is 0 Å². The zero-order chi connectivity index (χ0) is 50.3. The Bertz CT molecular complexity index is 2730. The third-order valence-electron chi connectivity index (χ3n) is 11.8. The van der Waals surface area contributed by atoms with E-state index in [1.165, 1.54) is 122 Å². The second kappa shape index (κ2) is 31.7. The normalized spacial score (nSPS) is 11.6. The molecular formula is C66H56Cl2O4Zr2-2. The third kappa shape index (κ3) is 17.0. The van der Waals surface area contributed by atoms with E-state index in [1.807, 2.05) is 48.6 Å². The van der Waals surface area contributed by atoms with Gasteiger partial charge in [-0.05, 0) is 48.2 Å². The van der Waals surface area contributed by atoms with Gasteiger partial charge in [0.2, 0.25) is 0 Å². The SMILES string of the molecule is COc1[c-]c2c(cc1)-c1ccc(OC)cc1C2.COc1[c-]c2c(cc1)-c1ccc(OC)cc1C2.[C-]1=CC=CC1.[C-]1=CC=CC1.[Cl-].[Cl-].[Zr+2]=[C](c1ccccc1)c1ccccc1.[Zr+2]=[C](c1ccccc1)c1ccccc1. The van der Waals surface area contributed by atoms with Gasteiger partial charge in [0.15, 0.2) is 0 Å². The predicted molar refractivity (Wildman–Crippen MR) is 289 cm³/mol. The fourth-order valence-electron chi connectivity index (χ4n) is 8.08. The molecule has 12 rings (SSSR count). The van der Waals surface area contributed by atoms with Crippen LogP contribution in [0.25, 0.3) is 22.3 Å². The summed E-state index contributed by atoms with van der Waals surface area (Å²) in [7, 11) is 6.73. The summed E-state index contributed by atoms with van der Waals surface area (Å²) in [4.78, 5) is 0. The molecule has 0 aliphatic heterocycles. The van der Waals surface area contributed by atoms with E-state index in [-0.39, 0.29) is 24.8 Å². The molecule has 0 saturated heterocycles.